The molecule has 200 valence electrons. The molecule has 3 unspecified atom stereocenters. The van der Waals surface area contributed by atoms with E-state index in [0.29, 0.717) is 12.5 Å². The smallest absolute Gasteiger partial charge is 0.246 e. The van der Waals surface area contributed by atoms with Crippen LogP contribution in [0, 0.1) is 18.8 Å². The Hall–Kier alpha value is -2.76. The third kappa shape index (κ3) is 6.39. The SMILES string of the molecule is CCC(C)C(=O)NC(C(=O)N1CCCC1c1cc(-c2cccc(C(C)C)c2)nc(C)n1)C1CCCCC1. The highest BCUT2D eigenvalue weighted by Crippen LogP contribution is 2.36. The second kappa shape index (κ2) is 12.2. The highest BCUT2D eigenvalue weighted by molar-refractivity contribution is 5.89. The van der Waals surface area contributed by atoms with Crippen LogP contribution in [0.3, 0.4) is 0 Å². The van der Waals surface area contributed by atoms with Crippen molar-refractivity contribution in [1.29, 1.82) is 0 Å². The number of aryl methyl sites for hydroxylation is 1. The third-order valence-corrected chi connectivity index (χ3v) is 8.33. The molecular weight excluding hydrogens is 460 g/mol. The summed E-state index contributed by atoms with van der Waals surface area (Å²) in [6.45, 7) is 11.0. The number of likely N-dealkylation sites (tertiary alicyclic amines) is 1. The summed E-state index contributed by atoms with van der Waals surface area (Å²) in [5.74, 6) is 1.32. The minimum atomic E-state index is -0.451. The lowest BCUT2D eigenvalue weighted by Gasteiger charge is -2.35. The molecule has 1 N–H and O–H groups in total. The number of benzene rings is 1. The van der Waals surface area contributed by atoms with Crippen LogP contribution >= 0.6 is 0 Å². The first-order valence-electron chi connectivity index (χ1n) is 14.3. The first kappa shape index (κ1) is 27.3. The molecule has 0 bridgehead atoms. The number of nitrogens with zero attached hydrogens (tertiary/aromatic N) is 3. The van der Waals surface area contributed by atoms with Gasteiger partial charge in [-0.1, -0.05) is 65.2 Å². The molecule has 0 radical (unpaired) electrons. The van der Waals surface area contributed by atoms with E-state index >= 15 is 0 Å². The Bertz CT molecular complexity index is 1090. The summed E-state index contributed by atoms with van der Waals surface area (Å²) >= 11 is 0. The Morgan fingerprint density at radius 3 is 2.49 bits per heavy atom. The molecule has 37 heavy (non-hydrogen) atoms. The zero-order chi connectivity index (χ0) is 26.5. The topological polar surface area (TPSA) is 75.2 Å². The van der Waals surface area contributed by atoms with Crippen LogP contribution in [0.1, 0.15) is 108 Å². The molecule has 0 spiro atoms. The van der Waals surface area contributed by atoms with Crippen molar-refractivity contribution in [3.63, 3.8) is 0 Å². The van der Waals surface area contributed by atoms with Crippen molar-refractivity contribution in [2.75, 3.05) is 6.54 Å². The molecule has 4 rings (SSSR count). The Labute approximate surface area is 222 Å². The van der Waals surface area contributed by atoms with Gasteiger partial charge >= 0.3 is 0 Å². The average Bonchev–Trinajstić information content (AvgIpc) is 3.41. The number of nitrogens with one attached hydrogen (secondary N) is 1. The fourth-order valence-electron chi connectivity index (χ4n) is 5.81. The number of carbonyl (C=O) groups excluding carboxylic acids is 2. The van der Waals surface area contributed by atoms with Crippen molar-refractivity contribution >= 4 is 11.8 Å². The largest absolute Gasteiger partial charge is 0.344 e. The lowest BCUT2D eigenvalue weighted by molar-refractivity contribution is -0.140. The number of rotatable bonds is 8. The second-order valence-corrected chi connectivity index (χ2v) is 11.4. The van der Waals surface area contributed by atoms with Crippen molar-refractivity contribution in [1.82, 2.24) is 20.2 Å². The van der Waals surface area contributed by atoms with Gasteiger partial charge in [-0.25, -0.2) is 9.97 Å². The summed E-state index contributed by atoms with van der Waals surface area (Å²) < 4.78 is 0. The summed E-state index contributed by atoms with van der Waals surface area (Å²) in [6.07, 6.45) is 8.05. The molecule has 1 aliphatic carbocycles. The van der Waals surface area contributed by atoms with Gasteiger partial charge in [0.05, 0.1) is 17.4 Å². The molecule has 2 heterocycles. The molecular formula is C31H44N4O2. The van der Waals surface area contributed by atoms with Crippen LogP contribution in [0.4, 0.5) is 0 Å². The number of aromatic nitrogens is 2. The van der Waals surface area contributed by atoms with Gasteiger partial charge in [0.2, 0.25) is 11.8 Å². The standard InChI is InChI=1S/C31H44N4O2/c1-6-21(4)30(36)34-29(23-12-8-7-9-13-23)31(37)35-17-11-16-28(35)27-19-26(32-22(5)33-27)25-15-10-14-24(18-25)20(2)3/h10,14-15,18-21,23,28-29H,6-9,11-13,16-17H2,1-5H3,(H,34,36). The number of hydrogen-bond donors (Lipinski definition) is 1. The lowest BCUT2D eigenvalue weighted by atomic mass is 9.83. The lowest BCUT2D eigenvalue weighted by Crippen LogP contribution is -2.53. The average molecular weight is 505 g/mol. The van der Waals surface area contributed by atoms with Gasteiger partial charge in [-0.3, -0.25) is 9.59 Å². The molecule has 1 aromatic heterocycles. The van der Waals surface area contributed by atoms with Crippen LogP contribution in [0.5, 0.6) is 0 Å². The molecule has 1 saturated heterocycles. The van der Waals surface area contributed by atoms with Gasteiger partial charge in [-0.2, -0.15) is 0 Å². The molecule has 2 amide bonds. The van der Waals surface area contributed by atoms with Crippen molar-refractivity contribution in [3.8, 4) is 11.3 Å². The number of amides is 2. The first-order chi connectivity index (χ1) is 17.8. The molecule has 3 atom stereocenters. The van der Waals surface area contributed by atoms with E-state index in [0.717, 1.165) is 67.7 Å². The molecule has 2 aromatic rings. The predicted octanol–water partition coefficient (Wildman–Crippen LogP) is 6.35. The van der Waals surface area contributed by atoms with Gasteiger partial charge in [0.1, 0.15) is 11.9 Å². The normalized spacial score (nSPS) is 20.2. The molecule has 1 aromatic carbocycles. The Balaban J connectivity index is 1.62. The van der Waals surface area contributed by atoms with E-state index in [9.17, 15) is 9.59 Å². The van der Waals surface area contributed by atoms with Crippen LogP contribution in [-0.2, 0) is 9.59 Å². The minimum absolute atomic E-state index is 0.00706. The first-order valence-corrected chi connectivity index (χ1v) is 14.3. The van der Waals surface area contributed by atoms with Gasteiger partial charge in [-0.05, 0) is 68.6 Å². The zero-order valence-electron chi connectivity index (χ0n) is 23.3. The maximum absolute atomic E-state index is 14.1. The summed E-state index contributed by atoms with van der Waals surface area (Å²) in [5, 5.41) is 3.19. The molecule has 6 nitrogen and oxygen atoms in total. The van der Waals surface area contributed by atoms with Crippen molar-refractivity contribution in [2.24, 2.45) is 11.8 Å². The Kier molecular flexibility index (Phi) is 8.99. The van der Waals surface area contributed by atoms with E-state index < -0.39 is 6.04 Å². The van der Waals surface area contributed by atoms with Crippen LogP contribution in [0.15, 0.2) is 30.3 Å². The van der Waals surface area contributed by atoms with Crippen LogP contribution in [-0.4, -0.2) is 39.3 Å². The van der Waals surface area contributed by atoms with E-state index in [1.165, 1.54) is 12.0 Å². The molecule has 2 aliphatic rings. The zero-order valence-corrected chi connectivity index (χ0v) is 23.3. The number of carbonyl (C=O) groups is 2. The molecule has 1 saturated carbocycles. The monoisotopic (exact) mass is 504 g/mol. The van der Waals surface area contributed by atoms with Gasteiger partial charge in [0, 0.05) is 18.0 Å². The quantitative estimate of drug-likeness (QED) is 0.454. The second-order valence-electron chi connectivity index (χ2n) is 11.4. The highest BCUT2D eigenvalue weighted by atomic mass is 16.2. The number of hydrogen-bond acceptors (Lipinski definition) is 4. The van der Waals surface area contributed by atoms with Crippen LogP contribution in [0.25, 0.3) is 11.3 Å². The van der Waals surface area contributed by atoms with Crippen molar-refractivity contribution in [3.05, 3.63) is 47.4 Å². The summed E-state index contributed by atoms with van der Waals surface area (Å²) in [4.78, 5) is 38.6. The van der Waals surface area contributed by atoms with E-state index in [4.69, 9.17) is 9.97 Å². The van der Waals surface area contributed by atoms with Gasteiger partial charge in [0.15, 0.2) is 0 Å². The summed E-state index contributed by atoms with van der Waals surface area (Å²) in [6, 6.07) is 10.1. The maximum Gasteiger partial charge on any atom is 0.246 e. The van der Waals surface area contributed by atoms with E-state index in [-0.39, 0.29) is 29.7 Å². The Morgan fingerprint density at radius 1 is 1.03 bits per heavy atom. The fraction of sp³-hybridized carbons (Fsp3) is 0.613. The minimum Gasteiger partial charge on any atom is -0.344 e. The van der Waals surface area contributed by atoms with Gasteiger partial charge in [-0.15, -0.1) is 0 Å². The summed E-state index contributed by atoms with van der Waals surface area (Å²) in [7, 11) is 0. The van der Waals surface area contributed by atoms with Gasteiger partial charge < -0.3 is 10.2 Å². The maximum atomic E-state index is 14.1. The highest BCUT2D eigenvalue weighted by Gasteiger charge is 2.39. The molecule has 6 heteroatoms. The van der Waals surface area contributed by atoms with Crippen LogP contribution < -0.4 is 5.32 Å². The van der Waals surface area contributed by atoms with Crippen molar-refractivity contribution in [2.45, 2.75) is 104 Å². The van der Waals surface area contributed by atoms with Gasteiger partial charge in [0.25, 0.3) is 0 Å². The Morgan fingerprint density at radius 2 is 1.78 bits per heavy atom. The molecule has 2 fully saturated rings. The third-order valence-electron chi connectivity index (χ3n) is 8.33. The summed E-state index contributed by atoms with van der Waals surface area (Å²) in [5.41, 5.74) is 4.16. The van der Waals surface area contributed by atoms with E-state index in [2.05, 4.69) is 49.5 Å². The fourth-order valence-corrected chi connectivity index (χ4v) is 5.81. The van der Waals surface area contributed by atoms with Crippen molar-refractivity contribution < 1.29 is 9.59 Å². The van der Waals surface area contributed by atoms with E-state index in [1.807, 2.05) is 25.7 Å². The van der Waals surface area contributed by atoms with E-state index in [1.54, 1.807) is 0 Å². The predicted molar refractivity (Wildman–Crippen MR) is 148 cm³/mol. The van der Waals surface area contributed by atoms with Crippen LogP contribution in [0.2, 0.25) is 0 Å². The molecule has 1 aliphatic heterocycles.